The summed E-state index contributed by atoms with van der Waals surface area (Å²) in [6, 6.07) is 20.9. The maximum atomic E-state index is 6.36. The van der Waals surface area contributed by atoms with Gasteiger partial charge in [-0.05, 0) is 24.2 Å². The van der Waals surface area contributed by atoms with E-state index in [1.807, 2.05) is 12.1 Å². The van der Waals surface area contributed by atoms with Crippen LogP contribution in [-0.4, -0.2) is 18.3 Å². The van der Waals surface area contributed by atoms with Crippen molar-refractivity contribution < 1.29 is 8.54 Å². The van der Waals surface area contributed by atoms with Gasteiger partial charge in [0.15, 0.2) is 0 Å². The first-order valence-electron chi connectivity index (χ1n) is 6.39. The van der Waals surface area contributed by atoms with Crippen molar-refractivity contribution in [2.75, 3.05) is 0 Å². The SMILES string of the molecule is C[Si]1O[Si](C)C(c2ccccc2)(c2ccccc2)O1. The fourth-order valence-electron chi connectivity index (χ4n) is 2.63. The van der Waals surface area contributed by atoms with E-state index in [1.54, 1.807) is 0 Å². The fourth-order valence-corrected chi connectivity index (χ4v) is 7.92. The molecular formula is C15H16O2Si2. The Labute approximate surface area is 117 Å². The van der Waals surface area contributed by atoms with E-state index in [0.717, 1.165) is 0 Å². The molecule has 1 fully saturated rings. The molecule has 0 bridgehead atoms. The molecule has 0 amide bonds. The number of rotatable bonds is 2. The topological polar surface area (TPSA) is 18.5 Å². The maximum absolute atomic E-state index is 6.36. The summed E-state index contributed by atoms with van der Waals surface area (Å²) in [5.41, 5.74) is 2.42. The molecule has 2 aromatic carbocycles. The van der Waals surface area contributed by atoms with Crippen LogP contribution < -0.4 is 0 Å². The zero-order valence-electron chi connectivity index (χ0n) is 11.1. The van der Waals surface area contributed by atoms with Crippen LogP contribution in [0.25, 0.3) is 0 Å². The van der Waals surface area contributed by atoms with Gasteiger partial charge in [-0.1, -0.05) is 60.7 Å². The summed E-state index contributed by atoms with van der Waals surface area (Å²) < 4.78 is 12.4. The minimum atomic E-state index is -1.16. The summed E-state index contributed by atoms with van der Waals surface area (Å²) in [7, 11) is -2.25. The van der Waals surface area contributed by atoms with Crippen molar-refractivity contribution in [3.8, 4) is 0 Å². The van der Waals surface area contributed by atoms with E-state index in [1.165, 1.54) is 11.1 Å². The highest BCUT2D eigenvalue weighted by Crippen LogP contribution is 2.41. The van der Waals surface area contributed by atoms with Gasteiger partial charge in [-0.25, -0.2) is 0 Å². The summed E-state index contributed by atoms with van der Waals surface area (Å²) in [4.78, 5) is 0. The molecule has 3 rings (SSSR count). The summed E-state index contributed by atoms with van der Waals surface area (Å²) in [5, 5.41) is -0.365. The molecule has 0 aromatic heterocycles. The molecule has 1 heterocycles. The monoisotopic (exact) mass is 284 g/mol. The molecule has 19 heavy (non-hydrogen) atoms. The van der Waals surface area contributed by atoms with Gasteiger partial charge in [0, 0.05) is 0 Å². The lowest BCUT2D eigenvalue weighted by atomic mass is 10.0. The van der Waals surface area contributed by atoms with Crippen molar-refractivity contribution in [1.29, 1.82) is 0 Å². The van der Waals surface area contributed by atoms with Crippen molar-refractivity contribution in [1.82, 2.24) is 0 Å². The standard InChI is InChI=1S/C15H16O2Si2/c1-18-15(16-19(2)17-18,13-9-5-3-6-10-13)14-11-7-4-8-12-14/h3-12H,1-2H3. The van der Waals surface area contributed by atoms with Crippen LogP contribution in [0.15, 0.2) is 60.7 Å². The predicted octanol–water partition coefficient (Wildman–Crippen LogP) is 3.26. The lowest BCUT2D eigenvalue weighted by Crippen LogP contribution is -2.40. The number of hydrogen-bond donors (Lipinski definition) is 0. The van der Waals surface area contributed by atoms with E-state index >= 15 is 0 Å². The van der Waals surface area contributed by atoms with Crippen LogP contribution in [0.2, 0.25) is 13.1 Å². The molecule has 1 aliphatic heterocycles. The highest BCUT2D eigenvalue weighted by Gasteiger charge is 2.51. The van der Waals surface area contributed by atoms with Gasteiger partial charge in [-0.15, -0.1) is 0 Å². The first-order chi connectivity index (χ1) is 9.23. The van der Waals surface area contributed by atoms with E-state index in [4.69, 9.17) is 8.54 Å². The molecule has 1 aliphatic rings. The van der Waals surface area contributed by atoms with Crippen LogP contribution in [0.4, 0.5) is 0 Å². The minimum absolute atomic E-state index is 0.365. The van der Waals surface area contributed by atoms with Gasteiger partial charge in [0.25, 0.3) is 0 Å². The van der Waals surface area contributed by atoms with Crippen molar-refractivity contribution in [3.63, 3.8) is 0 Å². The Bertz CT molecular complexity index is 505. The number of hydrogen-bond acceptors (Lipinski definition) is 2. The molecule has 0 aliphatic carbocycles. The average Bonchev–Trinajstić information content (AvgIpc) is 2.76. The normalized spacial score (nSPS) is 19.7. The van der Waals surface area contributed by atoms with Crippen molar-refractivity contribution >= 4 is 18.3 Å². The smallest absolute Gasteiger partial charge is 0.370 e. The second kappa shape index (κ2) is 5.05. The molecule has 96 valence electrons. The Hall–Kier alpha value is -1.21. The molecule has 0 spiro atoms. The first-order valence-corrected chi connectivity index (χ1v) is 10.1. The molecular weight excluding hydrogens is 268 g/mol. The van der Waals surface area contributed by atoms with E-state index in [9.17, 15) is 0 Å². The van der Waals surface area contributed by atoms with Gasteiger partial charge in [0.1, 0.15) is 5.22 Å². The Kier molecular flexibility index (Phi) is 3.41. The largest absolute Gasteiger partial charge is 0.432 e. The molecule has 1 saturated heterocycles. The Morgan fingerprint density at radius 1 is 0.789 bits per heavy atom. The van der Waals surface area contributed by atoms with Crippen molar-refractivity contribution in [2.24, 2.45) is 0 Å². The van der Waals surface area contributed by atoms with Gasteiger partial charge in [-0.2, -0.15) is 0 Å². The Balaban J connectivity index is 2.17. The van der Waals surface area contributed by atoms with E-state index in [-0.39, 0.29) is 5.22 Å². The summed E-state index contributed by atoms with van der Waals surface area (Å²) in [5.74, 6) is 0. The highest BCUT2D eigenvalue weighted by atomic mass is 28.4. The molecule has 0 saturated carbocycles. The summed E-state index contributed by atoms with van der Waals surface area (Å²) in [6.45, 7) is 4.28. The zero-order chi connectivity index (χ0) is 13.3. The van der Waals surface area contributed by atoms with E-state index in [0.29, 0.717) is 0 Å². The van der Waals surface area contributed by atoms with Gasteiger partial charge >= 0.3 is 9.28 Å². The molecule has 2 aromatic rings. The Morgan fingerprint density at radius 2 is 1.26 bits per heavy atom. The summed E-state index contributed by atoms with van der Waals surface area (Å²) in [6.07, 6.45) is 0. The molecule has 0 atom stereocenters. The van der Waals surface area contributed by atoms with Gasteiger partial charge in [-0.3, -0.25) is 0 Å². The third kappa shape index (κ3) is 2.10. The van der Waals surface area contributed by atoms with E-state index in [2.05, 4.69) is 61.6 Å². The quantitative estimate of drug-likeness (QED) is 0.788. The van der Waals surface area contributed by atoms with Crippen LogP contribution in [0.1, 0.15) is 11.1 Å². The second-order valence-electron chi connectivity index (χ2n) is 4.67. The summed E-state index contributed by atoms with van der Waals surface area (Å²) >= 11 is 0. The van der Waals surface area contributed by atoms with Crippen LogP contribution in [0.3, 0.4) is 0 Å². The van der Waals surface area contributed by atoms with Crippen LogP contribution in [0, 0.1) is 0 Å². The van der Waals surface area contributed by atoms with Gasteiger partial charge in [0.05, 0.1) is 0 Å². The van der Waals surface area contributed by atoms with Crippen LogP contribution in [0.5, 0.6) is 0 Å². The third-order valence-corrected chi connectivity index (χ3v) is 8.29. The van der Waals surface area contributed by atoms with Gasteiger partial charge in [0.2, 0.25) is 9.04 Å². The predicted molar refractivity (Wildman–Crippen MR) is 79.1 cm³/mol. The number of benzene rings is 2. The fraction of sp³-hybridized carbons (Fsp3) is 0.200. The zero-order valence-corrected chi connectivity index (χ0v) is 13.1. The molecule has 0 N–H and O–H groups in total. The van der Waals surface area contributed by atoms with Crippen molar-refractivity contribution in [3.05, 3.63) is 71.8 Å². The lowest BCUT2D eigenvalue weighted by Gasteiger charge is -2.31. The first kappa shape index (κ1) is 12.8. The van der Waals surface area contributed by atoms with Crippen molar-refractivity contribution in [2.45, 2.75) is 18.3 Å². The molecule has 0 unspecified atom stereocenters. The van der Waals surface area contributed by atoms with Crippen LogP contribution >= 0.6 is 0 Å². The average molecular weight is 284 g/mol. The lowest BCUT2D eigenvalue weighted by molar-refractivity contribution is 0.205. The van der Waals surface area contributed by atoms with E-state index < -0.39 is 18.3 Å². The molecule has 4 heteroatoms. The Morgan fingerprint density at radius 3 is 1.63 bits per heavy atom. The molecule has 2 nitrogen and oxygen atoms in total. The minimum Gasteiger partial charge on any atom is -0.432 e. The molecule has 2 radical (unpaired) electrons. The van der Waals surface area contributed by atoms with Crippen LogP contribution in [-0.2, 0) is 13.8 Å². The van der Waals surface area contributed by atoms with Gasteiger partial charge < -0.3 is 8.54 Å². The maximum Gasteiger partial charge on any atom is 0.370 e. The second-order valence-corrected chi connectivity index (χ2v) is 8.49. The third-order valence-electron chi connectivity index (χ3n) is 3.45. The highest BCUT2D eigenvalue weighted by molar-refractivity contribution is 6.68.